The molecule has 0 amide bonds. The van der Waals surface area contributed by atoms with Crippen LogP contribution in [0, 0.1) is 0 Å². The van der Waals surface area contributed by atoms with E-state index in [4.69, 9.17) is 4.74 Å². The summed E-state index contributed by atoms with van der Waals surface area (Å²) >= 11 is 0. The monoisotopic (exact) mass is 238 g/mol. The molecule has 1 aromatic carbocycles. The summed E-state index contributed by atoms with van der Waals surface area (Å²) in [7, 11) is 0.374. The minimum absolute atomic E-state index is 0.324. The SMILES string of the molecule is COc1ccc(-n2nnnc2S(C)=O)cc1. The molecule has 84 valence electrons. The van der Waals surface area contributed by atoms with Crippen LogP contribution in [0.15, 0.2) is 29.4 Å². The van der Waals surface area contributed by atoms with Crippen molar-refractivity contribution < 1.29 is 8.95 Å². The average Bonchev–Trinajstić information content (AvgIpc) is 2.78. The van der Waals surface area contributed by atoms with Gasteiger partial charge < -0.3 is 4.74 Å². The Morgan fingerprint density at radius 2 is 2.00 bits per heavy atom. The Balaban J connectivity index is 2.42. The molecule has 2 aromatic rings. The first-order chi connectivity index (χ1) is 7.72. The Morgan fingerprint density at radius 3 is 2.56 bits per heavy atom. The van der Waals surface area contributed by atoms with Crippen LogP contribution in [0.5, 0.6) is 5.75 Å². The summed E-state index contributed by atoms with van der Waals surface area (Å²) in [5, 5.41) is 11.3. The van der Waals surface area contributed by atoms with Gasteiger partial charge in [-0.2, -0.15) is 4.68 Å². The Hall–Kier alpha value is -1.76. The summed E-state index contributed by atoms with van der Waals surface area (Å²) in [4.78, 5) is 0. The maximum absolute atomic E-state index is 11.3. The Kier molecular flexibility index (Phi) is 2.95. The van der Waals surface area contributed by atoms with E-state index in [9.17, 15) is 4.21 Å². The number of methoxy groups -OCH3 is 1. The molecule has 1 aromatic heterocycles. The lowest BCUT2D eigenvalue weighted by Gasteiger charge is -2.03. The van der Waals surface area contributed by atoms with Gasteiger partial charge in [0.25, 0.3) is 0 Å². The molecule has 0 bridgehead atoms. The maximum atomic E-state index is 11.3. The fraction of sp³-hybridized carbons (Fsp3) is 0.222. The van der Waals surface area contributed by atoms with Crippen LogP contribution in [0.3, 0.4) is 0 Å². The second-order valence-electron chi connectivity index (χ2n) is 3.03. The van der Waals surface area contributed by atoms with Crippen molar-refractivity contribution in [3.05, 3.63) is 24.3 Å². The molecule has 0 saturated carbocycles. The fourth-order valence-electron chi connectivity index (χ4n) is 1.24. The molecule has 7 heteroatoms. The molecule has 0 spiro atoms. The third-order valence-corrected chi connectivity index (χ3v) is 2.78. The van der Waals surface area contributed by atoms with Gasteiger partial charge in [-0.25, -0.2) is 0 Å². The van der Waals surface area contributed by atoms with E-state index in [-0.39, 0.29) is 0 Å². The van der Waals surface area contributed by atoms with Crippen LogP contribution in [-0.4, -0.2) is 37.8 Å². The van der Waals surface area contributed by atoms with Crippen LogP contribution in [0.25, 0.3) is 5.69 Å². The van der Waals surface area contributed by atoms with Crippen LogP contribution in [0.4, 0.5) is 0 Å². The number of benzene rings is 1. The second-order valence-corrected chi connectivity index (χ2v) is 4.30. The van der Waals surface area contributed by atoms with E-state index in [1.165, 1.54) is 10.9 Å². The van der Waals surface area contributed by atoms with Gasteiger partial charge in [-0.05, 0) is 34.7 Å². The molecule has 6 nitrogen and oxygen atoms in total. The van der Waals surface area contributed by atoms with E-state index in [2.05, 4.69) is 15.5 Å². The molecular formula is C9H10N4O2S. The van der Waals surface area contributed by atoms with Gasteiger partial charge >= 0.3 is 0 Å². The van der Waals surface area contributed by atoms with E-state index in [1.54, 1.807) is 31.4 Å². The summed E-state index contributed by atoms with van der Waals surface area (Å²) < 4.78 is 17.8. The number of nitrogens with zero attached hydrogens (tertiary/aromatic N) is 4. The molecule has 0 radical (unpaired) electrons. The number of tetrazole rings is 1. The van der Waals surface area contributed by atoms with Crippen LogP contribution < -0.4 is 4.74 Å². The summed E-state index contributed by atoms with van der Waals surface area (Å²) in [6.07, 6.45) is 1.53. The smallest absolute Gasteiger partial charge is 0.244 e. The largest absolute Gasteiger partial charge is 0.497 e. The molecule has 16 heavy (non-hydrogen) atoms. The van der Waals surface area contributed by atoms with Gasteiger partial charge in [-0.3, -0.25) is 4.21 Å². The van der Waals surface area contributed by atoms with Gasteiger partial charge in [0, 0.05) is 6.26 Å². The van der Waals surface area contributed by atoms with E-state index >= 15 is 0 Å². The standard InChI is InChI=1S/C9H10N4O2S/c1-15-8-5-3-7(4-6-8)13-9(16(2)14)10-11-12-13/h3-6H,1-2H3. The topological polar surface area (TPSA) is 69.9 Å². The molecule has 0 aliphatic heterocycles. The van der Waals surface area contributed by atoms with E-state index in [1.807, 2.05) is 0 Å². The van der Waals surface area contributed by atoms with Gasteiger partial charge in [0.05, 0.1) is 23.6 Å². The molecule has 0 fully saturated rings. The summed E-state index contributed by atoms with van der Waals surface area (Å²) in [6.45, 7) is 0. The summed E-state index contributed by atoms with van der Waals surface area (Å²) in [6, 6.07) is 7.18. The highest BCUT2D eigenvalue weighted by atomic mass is 32.2. The van der Waals surface area contributed by atoms with Crippen molar-refractivity contribution in [3.8, 4) is 11.4 Å². The Bertz CT molecular complexity index is 508. The van der Waals surface area contributed by atoms with E-state index in [0.717, 1.165) is 11.4 Å². The fourth-order valence-corrected chi connectivity index (χ4v) is 1.78. The highest BCUT2D eigenvalue weighted by Crippen LogP contribution is 2.15. The minimum atomic E-state index is -1.22. The lowest BCUT2D eigenvalue weighted by atomic mass is 10.3. The normalized spacial score (nSPS) is 12.4. The molecule has 1 unspecified atom stereocenters. The lowest BCUT2D eigenvalue weighted by molar-refractivity contribution is 0.414. The first kappa shape index (κ1) is 10.7. The number of hydrogen-bond donors (Lipinski definition) is 0. The number of rotatable bonds is 3. The Morgan fingerprint density at radius 1 is 1.31 bits per heavy atom. The predicted molar refractivity (Wildman–Crippen MR) is 58.0 cm³/mol. The van der Waals surface area contributed by atoms with Gasteiger partial charge in [-0.1, -0.05) is 5.10 Å². The molecule has 2 rings (SSSR count). The van der Waals surface area contributed by atoms with Gasteiger partial charge in [0.15, 0.2) is 0 Å². The van der Waals surface area contributed by atoms with Crippen molar-refractivity contribution in [1.82, 2.24) is 20.2 Å². The van der Waals surface area contributed by atoms with Gasteiger partial charge in [-0.15, -0.1) is 0 Å². The molecule has 1 atom stereocenters. The zero-order valence-corrected chi connectivity index (χ0v) is 9.64. The molecule has 0 aliphatic rings. The van der Waals surface area contributed by atoms with Gasteiger partial charge in [0.1, 0.15) is 5.75 Å². The van der Waals surface area contributed by atoms with Crippen molar-refractivity contribution in [2.24, 2.45) is 0 Å². The second kappa shape index (κ2) is 4.40. The van der Waals surface area contributed by atoms with E-state index < -0.39 is 10.8 Å². The maximum Gasteiger partial charge on any atom is 0.244 e. The van der Waals surface area contributed by atoms with Gasteiger partial charge in [0.2, 0.25) is 5.16 Å². The highest BCUT2D eigenvalue weighted by Gasteiger charge is 2.11. The van der Waals surface area contributed by atoms with Crippen molar-refractivity contribution in [2.75, 3.05) is 13.4 Å². The third-order valence-electron chi connectivity index (χ3n) is 2.02. The molecular weight excluding hydrogens is 228 g/mol. The number of aromatic nitrogens is 4. The van der Waals surface area contributed by atoms with Crippen molar-refractivity contribution >= 4 is 10.8 Å². The Labute approximate surface area is 94.7 Å². The minimum Gasteiger partial charge on any atom is -0.497 e. The van der Waals surface area contributed by atoms with Crippen LogP contribution >= 0.6 is 0 Å². The van der Waals surface area contributed by atoms with Crippen LogP contribution in [0.1, 0.15) is 0 Å². The quantitative estimate of drug-likeness (QED) is 0.774. The summed E-state index contributed by atoms with van der Waals surface area (Å²) in [5.41, 5.74) is 0.746. The molecule has 0 saturated heterocycles. The third kappa shape index (κ3) is 1.94. The van der Waals surface area contributed by atoms with Crippen molar-refractivity contribution in [1.29, 1.82) is 0 Å². The highest BCUT2D eigenvalue weighted by molar-refractivity contribution is 7.84. The summed E-state index contributed by atoms with van der Waals surface area (Å²) in [5.74, 6) is 0.746. The zero-order chi connectivity index (χ0) is 11.5. The average molecular weight is 238 g/mol. The lowest BCUT2D eigenvalue weighted by Crippen LogP contribution is -2.04. The zero-order valence-electron chi connectivity index (χ0n) is 8.82. The first-order valence-corrected chi connectivity index (χ1v) is 6.04. The van der Waals surface area contributed by atoms with E-state index in [0.29, 0.717) is 5.16 Å². The molecule has 0 N–H and O–H groups in total. The van der Waals surface area contributed by atoms with Crippen LogP contribution in [0.2, 0.25) is 0 Å². The molecule has 0 aliphatic carbocycles. The van der Waals surface area contributed by atoms with Crippen LogP contribution in [-0.2, 0) is 10.8 Å². The number of ether oxygens (including phenoxy) is 1. The van der Waals surface area contributed by atoms with Crippen molar-refractivity contribution in [2.45, 2.75) is 5.16 Å². The molecule has 1 heterocycles. The predicted octanol–water partition coefficient (Wildman–Crippen LogP) is 0.408. The first-order valence-electron chi connectivity index (χ1n) is 4.48. The van der Waals surface area contributed by atoms with Crippen molar-refractivity contribution in [3.63, 3.8) is 0 Å². The number of hydrogen-bond acceptors (Lipinski definition) is 5.